The lowest BCUT2D eigenvalue weighted by molar-refractivity contribution is -0.383. The van der Waals surface area contributed by atoms with Crippen LogP contribution < -0.4 is 19.9 Å². The van der Waals surface area contributed by atoms with Gasteiger partial charge in [0.2, 0.25) is 11.6 Å². The number of rotatable bonds is 6. The van der Waals surface area contributed by atoms with Crippen molar-refractivity contribution in [3.8, 4) is 5.75 Å². The topological polar surface area (TPSA) is 110 Å². The number of pyridine rings is 1. The molecular weight excluding hydrogens is 386 g/mol. The van der Waals surface area contributed by atoms with E-state index in [-0.39, 0.29) is 11.5 Å². The number of hydrogen-bond acceptors (Lipinski definition) is 9. The molecule has 4 rings (SSSR count). The minimum absolute atomic E-state index is 0.139. The first kappa shape index (κ1) is 19.4. The summed E-state index contributed by atoms with van der Waals surface area (Å²) in [5, 5.41) is 14.9. The van der Waals surface area contributed by atoms with Gasteiger partial charge in [-0.05, 0) is 36.4 Å². The first-order chi connectivity index (χ1) is 14.7. The van der Waals surface area contributed by atoms with E-state index < -0.39 is 4.92 Å². The van der Waals surface area contributed by atoms with Gasteiger partial charge in [-0.3, -0.25) is 10.1 Å². The second-order valence-electron chi connectivity index (χ2n) is 6.67. The van der Waals surface area contributed by atoms with E-state index in [1.807, 2.05) is 23.1 Å². The molecule has 3 aromatic rings. The number of anilines is 4. The molecule has 30 heavy (non-hydrogen) atoms. The molecule has 1 aromatic carbocycles. The number of benzene rings is 1. The Hall–Kier alpha value is -3.95. The molecule has 1 fully saturated rings. The fraction of sp³-hybridized carbons (Fsp3) is 0.250. The Kier molecular flexibility index (Phi) is 5.55. The van der Waals surface area contributed by atoms with Crippen molar-refractivity contribution in [2.75, 3.05) is 48.4 Å². The zero-order valence-electron chi connectivity index (χ0n) is 16.4. The molecule has 3 heterocycles. The molecule has 10 nitrogen and oxygen atoms in total. The number of nitro groups is 1. The number of ether oxygens (including phenoxy) is 1. The van der Waals surface area contributed by atoms with E-state index in [0.717, 1.165) is 5.82 Å². The van der Waals surface area contributed by atoms with E-state index in [1.54, 1.807) is 37.6 Å². The number of methoxy groups -OCH3 is 1. The molecule has 1 N–H and O–H groups in total. The molecule has 0 saturated carbocycles. The van der Waals surface area contributed by atoms with E-state index in [2.05, 4.69) is 25.2 Å². The van der Waals surface area contributed by atoms with E-state index in [0.29, 0.717) is 43.4 Å². The number of nitrogens with one attached hydrogen (secondary N) is 1. The number of aromatic nitrogens is 3. The van der Waals surface area contributed by atoms with Crippen molar-refractivity contribution in [3.05, 3.63) is 65.1 Å². The van der Waals surface area contributed by atoms with E-state index in [9.17, 15) is 10.1 Å². The number of nitrogens with zero attached hydrogens (tertiary/aromatic N) is 6. The first-order valence-corrected chi connectivity index (χ1v) is 9.47. The highest BCUT2D eigenvalue weighted by molar-refractivity contribution is 5.74. The SMILES string of the molecule is COc1ccc(Nc2ncnc(N3CCN(c4ccccn4)CC3)c2[N+](=O)[O-])cc1. The molecule has 1 aliphatic heterocycles. The standard InChI is InChI=1S/C20H21N7O3/c1-30-16-7-5-15(6-8-16)24-19-18(27(28)29)20(23-14-22-19)26-12-10-25(11-13-26)17-4-2-3-9-21-17/h2-9,14H,10-13H2,1H3,(H,22,23,24). The smallest absolute Gasteiger partial charge is 0.353 e. The molecule has 0 radical (unpaired) electrons. The van der Waals surface area contributed by atoms with E-state index >= 15 is 0 Å². The Morgan fingerprint density at radius 2 is 1.73 bits per heavy atom. The molecule has 10 heteroatoms. The number of hydrogen-bond donors (Lipinski definition) is 1. The second-order valence-corrected chi connectivity index (χ2v) is 6.67. The molecule has 0 unspecified atom stereocenters. The molecule has 0 atom stereocenters. The van der Waals surface area contributed by atoms with Crippen LogP contribution in [0.25, 0.3) is 0 Å². The minimum atomic E-state index is -0.438. The van der Waals surface area contributed by atoms with Gasteiger partial charge in [0.1, 0.15) is 17.9 Å². The highest BCUT2D eigenvalue weighted by Gasteiger charge is 2.29. The third-order valence-electron chi connectivity index (χ3n) is 4.89. The Labute approximate surface area is 173 Å². The average Bonchev–Trinajstić information content (AvgIpc) is 2.80. The average molecular weight is 407 g/mol. The highest BCUT2D eigenvalue weighted by Crippen LogP contribution is 2.34. The van der Waals surface area contributed by atoms with Crippen LogP contribution in [0.1, 0.15) is 0 Å². The van der Waals surface area contributed by atoms with Gasteiger partial charge in [-0.1, -0.05) is 6.07 Å². The Bertz CT molecular complexity index is 1010. The van der Waals surface area contributed by atoms with Crippen molar-refractivity contribution in [1.29, 1.82) is 0 Å². The second kappa shape index (κ2) is 8.60. The van der Waals surface area contributed by atoms with Crippen LogP contribution in [0.15, 0.2) is 55.0 Å². The monoisotopic (exact) mass is 407 g/mol. The van der Waals surface area contributed by atoms with Gasteiger partial charge in [0, 0.05) is 38.1 Å². The summed E-state index contributed by atoms with van der Waals surface area (Å²) in [5.41, 5.74) is 0.531. The molecule has 0 spiro atoms. The van der Waals surface area contributed by atoms with Crippen molar-refractivity contribution in [2.24, 2.45) is 0 Å². The predicted octanol–water partition coefficient (Wildman–Crippen LogP) is 2.86. The van der Waals surface area contributed by atoms with Crippen LogP contribution in [0.3, 0.4) is 0 Å². The Balaban J connectivity index is 1.55. The molecule has 154 valence electrons. The summed E-state index contributed by atoms with van der Waals surface area (Å²) in [4.78, 5) is 28.2. The normalized spacial score (nSPS) is 13.8. The van der Waals surface area contributed by atoms with Gasteiger partial charge >= 0.3 is 5.69 Å². The molecule has 0 aliphatic carbocycles. The summed E-state index contributed by atoms with van der Waals surface area (Å²) in [6.07, 6.45) is 3.10. The lowest BCUT2D eigenvalue weighted by Gasteiger charge is -2.35. The van der Waals surface area contributed by atoms with Crippen molar-refractivity contribution in [3.63, 3.8) is 0 Å². The van der Waals surface area contributed by atoms with Crippen LogP contribution in [0.4, 0.5) is 28.8 Å². The summed E-state index contributed by atoms with van der Waals surface area (Å²) in [6, 6.07) is 12.9. The largest absolute Gasteiger partial charge is 0.497 e. The van der Waals surface area contributed by atoms with Crippen molar-refractivity contribution in [1.82, 2.24) is 15.0 Å². The highest BCUT2D eigenvalue weighted by atomic mass is 16.6. The zero-order chi connectivity index (χ0) is 20.9. The zero-order valence-corrected chi connectivity index (χ0v) is 16.4. The Morgan fingerprint density at radius 3 is 2.37 bits per heavy atom. The van der Waals surface area contributed by atoms with Crippen LogP contribution >= 0.6 is 0 Å². The molecule has 1 aliphatic rings. The van der Waals surface area contributed by atoms with Crippen molar-refractivity contribution < 1.29 is 9.66 Å². The van der Waals surface area contributed by atoms with Crippen LogP contribution in [-0.4, -0.2) is 53.2 Å². The van der Waals surface area contributed by atoms with Gasteiger partial charge in [-0.25, -0.2) is 15.0 Å². The van der Waals surface area contributed by atoms with Crippen molar-refractivity contribution in [2.45, 2.75) is 0 Å². The summed E-state index contributed by atoms with van der Waals surface area (Å²) in [6.45, 7) is 2.58. The maximum atomic E-state index is 11.9. The Morgan fingerprint density at radius 1 is 1.00 bits per heavy atom. The summed E-state index contributed by atoms with van der Waals surface area (Å²) < 4.78 is 5.14. The van der Waals surface area contributed by atoms with Crippen LogP contribution in [0, 0.1) is 10.1 Å². The van der Waals surface area contributed by atoms with Crippen LogP contribution in [-0.2, 0) is 0 Å². The molecule has 1 saturated heterocycles. The fourth-order valence-electron chi connectivity index (χ4n) is 3.36. The minimum Gasteiger partial charge on any atom is -0.497 e. The summed E-state index contributed by atoms with van der Waals surface area (Å²) in [7, 11) is 1.58. The lowest BCUT2D eigenvalue weighted by Crippen LogP contribution is -2.47. The lowest BCUT2D eigenvalue weighted by atomic mass is 10.2. The predicted molar refractivity (Wildman–Crippen MR) is 114 cm³/mol. The maximum absolute atomic E-state index is 11.9. The summed E-state index contributed by atoms with van der Waals surface area (Å²) >= 11 is 0. The van der Waals surface area contributed by atoms with Gasteiger partial charge in [0.25, 0.3) is 0 Å². The summed E-state index contributed by atoms with van der Waals surface area (Å²) in [5.74, 6) is 2.06. The molecular formula is C20H21N7O3. The van der Waals surface area contributed by atoms with Gasteiger partial charge < -0.3 is 19.9 Å². The van der Waals surface area contributed by atoms with Crippen LogP contribution in [0.2, 0.25) is 0 Å². The van der Waals surface area contributed by atoms with Crippen molar-refractivity contribution >= 4 is 28.8 Å². The molecule has 2 aromatic heterocycles. The van der Waals surface area contributed by atoms with E-state index in [4.69, 9.17) is 4.74 Å². The van der Waals surface area contributed by atoms with Gasteiger partial charge in [-0.2, -0.15) is 0 Å². The molecule has 0 amide bonds. The first-order valence-electron chi connectivity index (χ1n) is 9.47. The quantitative estimate of drug-likeness (QED) is 0.487. The van der Waals surface area contributed by atoms with Gasteiger partial charge in [0.05, 0.1) is 12.0 Å². The third kappa shape index (κ3) is 4.07. The maximum Gasteiger partial charge on any atom is 0.353 e. The number of piperazine rings is 1. The van der Waals surface area contributed by atoms with Gasteiger partial charge in [-0.15, -0.1) is 0 Å². The third-order valence-corrected chi connectivity index (χ3v) is 4.89. The van der Waals surface area contributed by atoms with Gasteiger partial charge in [0.15, 0.2) is 0 Å². The molecule has 0 bridgehead atoms. The van der Waals surface area contributed by atoms with E-state index in [1.165, 1.54) is 6.33 Å². The van der Waals surface area contributed by atoms with Crippen LogP contribution in [0.5, 0.6) is 5.75 Å². The fourth-order valence-corrected chi connectivity index (χ4v) is 3.36.